The first-order valence-corrected chi connectivity index (χ1v) is 5.60. The Morgan fingerprint density at radius 2 is 2.25 bits per heavy atom. The lowest BCUT2D eigenvalue weighted by Crippen LogP contribution is -1.77. The molecule has 16 heavy (non-hydrogen) atoms. The summed E-state index contributed by atoms with van der Waals surface area (Å²) in [5.41, 5.74) is 3.64. The summed E-state index contributed by atoms with van der Waals surface area (Å²) in [5, 5.41) is 0. The second-order valence-electron chi connectivity index (χ2n) is 3.50. The van der Waals surface area contributed by atoms with Gasteiger partial charge in [-0.2, -0.15) is 0 Å². The Balaban J connectivity index is 2.17. The molecule has 5 heteroatoms. The molecule has 0 bridgehead atoms. The smallest absolute Gasteiger partial charge is 0.192 e. The summed E-state index contributed by atoms with van der Waals surface area (Å²) in [6.45, 7) is 1.84. The van der Waals surface area contributed by atoms with Gasteiger partial charge in [-0.3, -0.25) is 0 Å². The molecule has 0 aliphatic carbocycles. The summed E-state index contributed by atoms with van der Waals surface area (Å²) in [5.74, 6) is 0.679. The second kappa shape index (κ2) is 3.45. The Bertz CT molecular complexity index is 656. The average Bonchev–Trinajstić information content (AvgIpc) is 2.81. The van der Waals surface area contributed by atoms with E-state index in [1.54, 1.807) is 6.20 Å². The molecule has 2 aromatic heterocycles. The van der Waals surface area contributed by atoms with Crippen molar-refractivity contribution in [3.8, 4) is 11.3 Å². The van der Waals surface area contributed by atoms with Crippen LogP contribution in [0.3, 0.4) is 0 Å². The number of imidazole rings is 1. The molecule has 0 atom stereocenters. The summed E-state index contributed by atoms with van der Waals surface area (Å²) >= 11 is 3.28. The molecule has 0 saturated carbocycles. The third-order valence-corrected chi connectivity index (χ3v) is 2.75. The first-order chi connectivity index (χ1) is 7.72. The van der Waals surface area contributed by atoms with Crippen molar-refractivity contribution in [1.29, 1.82) is 0 Å². The zero-order valence-electron chi connectivity index (χ0n) is 8.49. The highest BCUT2D eigenvalue weighted by molar-refractivity contribution is 9.10. The van der Waals surface area contributed by atoms with E-state index in [9.17, 15) is 0 Å². The fraction of sp³-hybridized carbons (Fsp3) is 0.0909. The van der Waals surface area contributed by atoms with Crippen LogP contribution in [0, 0.1) is 6.92 Å². The van der Waals surface area contributed by atoms with Crippen molar-refractivity contribution in [3.63, 3.8) is 0 Å². The Hall–Kier alpha value is -1.62. The van der Waals surface area contributed by atoms with Crippen molar-refractivity contribution in [2.24, 2.45) is 0 Å². The first-order valence-electron chi connectivity index (χ1n) is 4.80. The van der Waals surface area contributed by atoms with E-state index in [1.807, 2.05) is 25.1 Å². The number of oxazole rings is 1. The fourth-order valence-electron chi connectivity index (χ4n) is 1.65. The van der Waals surface area contributed by atoms with Crippen LogP contribution in [0.25, 0.3) is 22.4 Å². The van der Waals surface area contributed by atoms with E-state index < -0.39 is 0 Å². The molecule has 0 fully saturated rings. The normalized spacial score (nSPS) is 11.1. The largest absolute Gasteiger partial charge is 0.441 e. The number of halogens is 1. The van der Waals surface area contributed by atoms with Crippen molar-refractivity contribution in [2.45, 2.75) is 6.92 Å². The van der Waals surface area contributed by atoms with Gasteiger partial charge >= 0.3 is 0 Å². The van der Waals surface area contributed by atoms with Crippen LogP contribution < -0.4 is 0 Å². The van der Waals surface area contributed by atoms with Crippen molar-refractivity contribution < 1.29 is 4.42 Å². The minimum Gasteiger partial charge on any atom is -0.441 e. The Morgan fingerprint density at radius 3 is 3.00 bits per heavy atom. The van der Waals surface area contributed by atoms with E-state index in [-0.39, 0.29) is 0 Å². The summed E-state index contributed by atoms with van der Waals surface area (Å²) in [6.07, 6.45) is 1.77. The quantitative estimate of drug-likeness (QED) is 0.743. The van der Waals surface area contributed by atoms with Crippen LogP contribution >= 0.6 is 15.9 Å². The van der Waals surface area contributed by atoms with Gasteiger partial charge in [-0.05, 0) is 28.1 Å². The number of H-pyrrole nitrogens is 1. The van der Waals surface area contributed by atoms with E-state index in [4.69, 9.17) is 4.42 Å². The molecule has 0 aliphatic heterocycles. The highest BCUT2D eigenvalue weighted by Gasteiger charge is 2.06. The summed E-state index contributed by atoms with van der Waals surface area (Å²) in [6, 6.07) is 5.88. The van der Waals surface area contributed by atoms with Gasteiger partial charge in [0.2, 0.25) is 0 Å². The molecule has 4 nitrogen and oxygen atoms in total. The zero-order valence-corrected chi connectivity index (χ0v) is 10.1. The number of nitrogens with zero attached hydrogens (tertiary/aromatic N) is 2. The average molecular weight is 278 g/mol. The highest BCUT2D eigenvalue weighted by atomic mass is 79.9. The maximum atomic E-state index is 5.48. The highest BCUT2D eigenvalue weighted by Crippen LogP contribution is 2.24. The number of nitrogens with one attached hydrogen (secondary N) is 1. The third kappa shape index (κ3) is 1.53. The van der Waals surface area contributed by atoms with Gasteiger partial charge in [0.1, 0.15) is 5.52 Å². The standard InChI is InChI=1S/C11H8BrN3O/c1-6-14-8-3-2-7(4-10(8)16-6)9-5-13-11(12)15-9/h2-5H,1H3,(H,13,15). The van der Waals surface area contributed by atoms with Gasteiger partial charge in [0, 0.05) is 12.5 Å². The van der Waals surface area contributed by atoms with E-state index >= 15 is 0 Å². The zero-order chi connectivity index (χ0) is 11.1. The maximum Gasteiger partial charge on any atom is 0.192 e. The van der Waals surface area contributed by atoms with E-state index in [1.165, 1.54) is 0 Å². The van der Waals surface area contributed by atoms with Crippen LogP contribution in [0.1, 0.15) is 5.89 Å². The van der Waals surface area contributed by atoms with Crippen LogP contribution in [0.5, 0.6) is 0 Å². The Kier molecular flexibility index (Phi) is 2.07. The fourth-order valence-corrected chi connectivity index (χ4v) is 1.97. The molecular formula is C11H8BrN3O. The number of aromatic amines is 1. The lowest BCUT2D eigenvalue weighted by atomic mass is 10.1. The molecule has 3 aromatic rings. The van der Waals surface area contributed by atoms with Crippen molar-refractivity contribution in [2.75, 3.05) is 0 Å². The molecule has 1 aromatic carbocycles. The first kappa shape index (κ1) is 9.59. The van der Waals surface area contributed by atoms with Gasteiger partial charge in [0.25, 0.3) is 0 Å². The van der Waals surface area contributed by atoms with Crippen molar-refractivity contribution >= 4 is 27.0 Å². The summed E-state index contributed by atoms with van der Waals surface area (Å²) in [4.78, 5) is 11.5. The topological polar surface area (TPSA) is 54.7 Å². The lowest BCUT2D eigenvalue weighted by Gasteiger charge is -1.95. The predicted octanol–water partition coefficient (Wildman–Crippen LogP) is 3.29. The van der Waals surface area contributed by atoms with E-state index in [0.717, 1.165) is 27.1 Å². The molecular weight excluding hydrogens is 270 g/mol. The van der Waals surface area contributed by atoms with Crippen LogP contribution in [0.4, 0.5) is 0 Å². The molecule has 80 valence electrons. The predicted molar refractivity (Wildman–Crippen MR) is 64.0 cm³/mol. The van der Waals surface area contributed by atoms with E-state index in [2.05, 4.69) is 30.9 Å². The third-order valence-electron chi connectivity index (χ3n) is 2.35. The minimum atomic E-state index is 0.679. The monoisotopic (exact) mass is 277 g/mol. The number of benzene rings is 1. The SMILES string of the molecule is Cc1nc2ccc(-c3cnc(Br)[nH]3)cc2o1. The number of aryl methyl sites for hydroxylation is 1. The van der Waals surface area contributed by atoms with Gasteiger partial charge in [0.05, 0.1) is 11.9 Å². The van der Waals surface area contributed by atoms with Gasteiger partial charge in [-0.15, -0.1) is 0 Å². The Morgan fingerprint density at radius 1 is 1.38 bits per heavy atom. The second-order valence-corrected chi connectivity index (χ2v) is 4.25. The van der Waals surface area contributed by atoms with E-state index in [0.29, 0.717) is 5.89 Å². The minimum absolute atomic E-state index is 0.679. The van der Waals surface area contributed by atoms with Crippen molar-refractivity contribution in [1.82, 2.24) is 15.0 Å². The van der Waals surface area contributed by atoms with Crippen LogP contribution in [0.2, 0.25) is 0 Å². The molecule has 2 heterocycles. The lowest BCUT2D eigenvalue weighted by molar-refractivity contribution is 0.561. The van der Waals surface area contributed by atoms with Crippen LogP contribution in [0.15, 0.2) is 33.5 Å². The molecule has 0 aliphatic rings. The Labute approximate surface area is 99.8 Å². The van der Waals surface area contributed by atoms with Gasteiger partial charge < -0.3 is 9.40 Å². The number of fused-ring (bicyclic) bond motifs is 1. The molecule has 0 saturated heterocycles. The number of hydrogen-bond acceptors (Lipinski definition) is 3. The molecule has 0 spiro atoms. The van der Waals surface area contributed by atoms with Gasteiger partial charge in [0.15, 0.2) is 16.2 Å². The molecule has 0 radical (unpaired) electrons. The molecule has 0 unspecified atom stereocenters. The number of hydrogen-bond donors (Lipinski definition) is 1. The van der Waals surface area contributed by atoms with Crippen LogP contribution in [-0.2, 0) is 0 Å². The number of aromatic nitrogens is 3. The maximum absolute atomic E-state index is 5.48. The van der Waals surface area contributed by atoms with Gasteiger partial charge in [-0.1, -0.05) is 6.07 Å². The van der Waals surface area contributed by atoms with Gasteiger partial charge in [-0.25, -0.2) is 9.97 Å². The molecule has 0 amide bonds. The summed E-state index contributed by atoms with van der Waals surface area (Å²) < 4.78 is 6.20. The number of rotatable bonds is 1. The van der Waals surface area contributed by atoms with Crippen molar-refractivity contribution in [3.05, 3.63) is 35.0 Å². The van der Waals surface area contributed by atoms with Crippen LogP contribution in [-0.4, -0.2) is 15.0 Å². The molecule has 1 N–H and O–H groups in total. The summed E-state index contributed by atoms with van der Waals surface area (Å²) in [7, 11) is 0. The molecule has 3 rings (SSSR count).